The minimum Gasteiger partial charge on any atom is -0.363 e. The molecule has 0 spiro atoms. The van der Waals surface area contributed by atoms with Gasteiger partial charge in [0.15, 0.2) is 11.1 Å². The van der Waals surface area contributed by atoms with E-state index in [2.05, 4.69) is 0 Å². The van der Waals surface area contributed by atoms with Crippen LogP contribution in [0.1, 0.15) is 20.3 Å². The third-order valence-corrected chi connectivity index (χ3v) is 1.37. The monoisotopic (exact) mass is 152 g/mol. The van der Waals surface area contributed by atoms with Gasteiger partial charge in [-0.25, -0.2) is 4.21 Å². The molecule has 1 N–H and O–H groups in total. The number of ether oxygens (including phenoxy) is 1. The van der Waals surface area contributed by atoms with Crippen LogP contribution in [0.25, 0.3) is 0 Å². The lowest BCUT2D eigenvalue weighted by Crippen LogP contribution is -2.10. The summed E-state index contributed by atoms with van der Waals surface area (Å²) < 4.78 is 23.2. The van der Waals surface area contributed by atoms with E-state index < -0.39 is 11.1 Å². The number of hydrogen-bond acceptors (Lipinski definition) is 2. The normalized spacial score (nSPS) is 17.2. The Balaban J connectivity index is 3.16. The van der Waals surface area contributed by atoms with E-state index in [1.54, 1.807) is 0 Å². The second-order valence-corrected chi connectivity index (χ2v) is 2.70. The Labute approximate surface area is 57.7 Å². The molecule has 0 aliphatic rings. The zero-order valence-corrected chi connectivity index (χ0v) is 6.48. The summed E-state index contributed by atoms with van der Waals surface area (Å²) in [4.78, 5) is 0. The van der Waals surface area contributed by atoms with Gasteiger partial charge in [0.2, 0.25) is 0 Å². The molecule has 4 heteroatoms. The van der Waals surface area contributed by atoms with E-state index in [9.17, 15) is 4.21 Å². The molecule has 3 nitrogen and oxygen atoms in total. The van der Waals surface area contributed by atoms with Gasteiger partial charge >= 0.3 is 0 Å². The maximum absolute atomic E-state index is 10.0. The van der Waals surface area contributed by atoms with Crippen LogP contribution in [0.2, 0.25) is 0 Å². The van der Waals surface area contributed by atoms with Crippen LogP contribution in [0.5, 0.6) is 0 Å². The van der Waals surface area contributed by atoms with Gasteiger partial charge in [-0.3, -0.25) is 0 Å². The van der Waals surface area contributed by atoms with Gasteiger partial charge in [-0.05, 0) is 13.3 Å². The van der Waals surface area contributed by atoms with Crippen molar-refractivity contribution < 1.29 is 13.5 Å². The Morgan fingerprint density at radius 2 is 2.33 bits per heavy atom. The van der Waals surface area contributed by atoms with Crippen LogP contribution in [0.15, 0.2) is 0 Å². The standard InChI is InChI=1S/C5H12O3S/c1-3-5(2)8-4-9(6)7/h5H,3-4H2,1-2H3,(H,6,7). The first-order valence-electron chi connectivity index (χ1n) is 2.85. The molecule has 0 aromatic carbocycles. The van der Waals surface area contributed by atoms with Gasteiger partial charge in [0.05, 0.1) is 6.10 Å². The molecule has 0 aliphatic carbocycles. The van der Waals surface area contributed by atoms with E-state index in [0.29, 0.717) is 0 Å². The molecule has 0 aromatic rings. The molecule has 0 amide bonds. The zero-order valence-electron chi connectivity index (χ0n) is 5.66. The molecule has 0 saturated heterocycles. The van der Waals surface area contributed by atoms with Crippen molar-refractivity contribution in [1.82, 2.24) is 0 Å². The van der Waals surface area contributed by atoms with Crippen LogP contribution in [0, 0.1) is 0 Å². The van der Waals surface area contributed by atoms with Gasteiger partial charge in [-0.1, -0.05) is 6.92 Å². The summed E-state index contributed by atoms with van der Waals surface area (Å²) in [6, 6.07) is 0. The van der Waals surface area contributed by atoms with Crippen molar-refractivity contribution in [2.75, 3.05) is 5.94 Å². The highest BCUT2D eigenvalue weighted by Crippen LogP contribution is 1.95. The van der Waals surface area contributed by atoms with E-state index in [-0.39, 0.29) is 12.0 Å². The molecule has 0 heterocycles. The largest absolute Gasteiger partial charge is 0.363 e. The third-order valence-electron chi connectivity index (χ3n) is 1.03. The van der Waals surface area contributed by atoms with Crippen LogP contribution in [0.4, 0.5) is 0 Å². The van der Waals surface area contributed by atoms with Crippen molar-refractivity contribution in [1.29, 1.82) is 0 Å². The van der Waals surface area contributed by atoms with E-state index >= 15 is 0 Å². The van der Waals surface area contributed by atoms with Gasteiger partial charge in [-0.15, -0.1) is 0 Å². The van der Waals surface area contributed by atoms with E-state index in [1.807, 2.05) is 13.8 Å². The SMILES string of the molecule is CCC(C)OCS(=O)O. The van der Waals surface area contributed by atoms with Crippen LogP contribution in [-0.2, 0) is 15.8 Å². The minimum atomic E-state index is -1.81. The summed E-state index contributed by atoms with van der Waals surface area (Å²) in [6.45, 7) is 3.83. The van der Waals surface area contributed by atoms with Crippen LogP contribution in [-0.4, -0.2) is 20.8 Å². The smallest absolute Gasteiger partial charge is 0.179 e. The molecule has 0 bridgehead atoms. The summed E-state index contributed by atoms with van der Waals surface area (Å²) in [7, 11) is 0. The maximum Gasteiger partial charge on any atom is 0.179 e. The second-order valence-electron chi connectivity index (χ2n) is 1.82. The van der Waals surface area contributed by atoms with Crippen molar-refractivity contribution in [2.24, 2.45) is 0 Å². The molecule has 0 rings (SSSR count). The van der Waals surface area contributed by atoms with Gasteiger partial charge in [0.25, 0.3) is 0 Å². The molecule has 56 valence electrons. The van der Waals surface area contributed by atoms with E-state index in [4.69, 9.17) is 9.29 Å². The fourth-order valence-electron chi connectivity index (χ4n) is 0.292. The summed E-state index contributed by atoms with van der Waals surface area (Å²) in [5.41, 5.74) is 0. The summed E-state index contributed by atoms with van der Waals surface area (Å²) >= 11 is -1.81. The van der Waals surface area contributed by atoms with Gasteiger partial charge in [-0.2, -0.15) is 0 Å². The fraction of sp³-hybridized carbons (Fsp3) is 1.00. The Morgan fingerprint density at radius 3 is 2.67 bits per heavy atom. The lowest BCUT2D eigenvalue weighted by atomic mass is 10.3. The third kappa shape index (κ3) is 5.95. The first-order chi connectivity index (χ1) is 4.16. The van der Waals surface area contributed by atoms with Gasteiger partial charge < -0.3 is 9.29 Å². The van der Waals surface area contributed by atoms with Crippen molar-refractivity contribution in [3.05, 3.63) is 0 Å². The Bertz CT molecular complexity index is 94.2. The van der Waals surface area contributed by atoms with Crippen LogP contribution in [0.3, 0.4) is 0 Å². The lowest BCUT2D eigenvalue weighted by Gasteiger charge is -2.06. The predicted molar refractivity (Wildman–Crippen MR) is 36.5 cm³/mol. The summed E-state index contributed by atoms with van der Waals surface area (Å²) in [5, 5.41) is 0. The van der Waals surface area contributed by atoms with Crippen molar-refractivity contribution in [3.8, 4) is 0 Å². The number of hydrogen-bond donors (Lipinski definition) is 1. The van der Waals surface area contributed by atoms with Crippen LogP contribution >= 0.6 is 0 Å². The average molecular weight is 152 g/mol. The molecule has 9 heavy (non-hydrogen) atoms. The van der Waals surface area contributed by atoms with Gasteiger partial charge in [0.1, 0.15) is 5.94 Å². The highest BCUT2D eigenvalue weighted by molar-refractivity contribution is 7.79. The zero-order chi connectivity index (χ0) is 7.28. The Kier molecular flexibility index (Phi) is 4.94. The highest BCUT2D eigenvalue weighted by atomic mass is 32.2. The Morgan fingerprint density at radius 1 is 1.78 bits per heavy atom. The predicted octanol–water partition coefficient (Wildman–Crippen LogP) is 0.981. The van der Waals surface area contributed by atoms with E-state index in [0.717, 1.165) is 6.42 Å². The molecule has 0 fully saturated rings. The molecule has 0 aromatic heterocycles. The molecule has 2 unspecified atom stereocenters. The summed E-state index contributed by atoms with van der Waals surface area (Å²) in [6.07, 6.45) is 0.957. The molecule has 0 saturated carbocycles. The fourth-order valence-corrected chi connectivity index (χ4v) is 0.641. The molecular weight excluding hydrogens is 140 g/mol. The van der Waals surface area contributed by atoms with Crippen molar-refractivity contribution >= 4 is 11.1 Å². The summed E-state index contributed by atoms with van der Waals surface area (Å²) in [5.74, 6) is -0.0744. The first kappa shape index (κ1) is 9.07. The van der Waals surface area contributed by atoms with Crippen LogP contribution < -0.4 is 0 Å². The number of rotatable bonds is 4. The molecule has 2 atom stereocenters. The van der Waals surface area contributed by atoms with Crippen molar-refractivity contribution in [2.45, 2.75) is 26.4 Å². The van der Waals surface area contributed by atoms with Crippen molar-refractivity contribution in [3.63, 3.8) is 0 Å². The maximum atomic E-state index is 10.0. The Hall–Kier alpha value is 0.0700. The minimum absolute atomic E-state index is 0.0744. The molecular formula is C5H12O3S. The highest BCUT2D eigenvalue weighted by Gasteiger charge is 1.99. The lowest BCUT2D eigenvalue weighted by molar-refractivity contribution is 0.0971. The molecule has 0 aliphatic heterocycles. The topological polar surface area (TPSA) is 46.5 Å². The first-order valence-corrected chi connectivity index (χ1v) is 4.13. The molecule has 0 radical (unpaired) electrons. The van der Waals surface area contributed by atoms with Gasteiger partial charge in [0, 0.05) is 0 Å². The van der Waals surface area contributed by atoms with E-state index in [1.165, 1.54) is 0 Å². The second kappa shape index (κ2) is 4.90. The quantitative estimate of drug-likeness (QED) is 0.611. The average Bonchev–Trinajstić information content (AvgIpc) is 1.83.